The van der Waals surface area contributed by atoms with Crippen LogP contribution in [0.2, 0.25) is 0 Å². The Bertz CT molecular complexity index is 485. The molecule has 0 heterocycles. The molecular weight excluding hydrogens is 408 g/mol. The van der Waals surface area contributed by atoms with Crippen molar-refractivity contribution in [3.63, 3.8) is 0 Å². The maximum atomic E-state index is 12.0. The molecule has 1 aromatic rings. The average Bonchev–Trinajstić information content (AvgIpc) is 2.26. The highest BCUT2D eigenvalue weighted by Gasteiger charge is 2.60. The van der Waals surface area contributed by atoms with E-state index >= 15 is 0 Å². The van der Waals surface area contributed by atoms with Gasteiger partial charge in [-0.3, -0.25) is 0 Å². The van der Waals surface area contributed by atoms with Crippen LogP contribution in [0.5, 0.6) is 0 Å². The van der Waals surface area contributed by atoms with Crippen LogP contribution in [0, 0.1) is 0 Å². The monoisotopic (exact) mass is 415 g/mol. The molecule has 1 nitrogen and oxygen atoms in total. The Morgan fingerprint density at radius 2 is 1.30 bits per heavy atom. The van der Waals surface area contributed by atoms with Crippen molar-refractivity contribution in [2.75, 3.05) is 0 Å². The van der Waals surface area contributed by atoms with E-state index in [4.69, 9.17) is 81.2 Å². The summed E-state index contributed by atoms with van der Waals surface area (Å²) in [5, 5.41) is 12.0. The highest BCUT2D eigenvalue weighted by molar-refractivity contribution is 6.78. The third kappa shape index (κ3) is 3.75. The Hall–Kier alpha value is 1.21. The van der Waals surface area contributed by atoms with Gasteiger partial charge in [-0.15, -0.1) is 0 Å². The molecule has 0 bridgehead atoms. The Morgan fingerprint density at radius 3 is 1.70 bits per heavy atom. The summed E-state index contributed by atoms with van der Waals surface area (Å²) in [6.45, 7) is 3.00. The SMILES string of the molecule is CC(C)([O])c1cccc(C(Cl)(Cl)C(Cl)(Cl)C(Cl)(Cl)Cl)c1. The summed E-state index contributed by atoms with van der Waals surface area (Å²) >= 11 is 41.7. The molecule has 0 saturated heterocycles. The Labute approximate surface area is 153 Å². The highest BCUT2D eigenvalue weighted by Crippen LogP contribution is 2.60. The van der Waals surface area contributed by atoms with E-state index in [9.17, 15) is 5.11 Å². The number of rotatable bonds is 3. The first-order valence-electron chi connectivity index (χ1n) is 5.35. The van der Waals surface area contributed by atoms with E-state index in [2.05, 4.69) is 0 Å². The van der Waals surface area contributed by atoms with Gasteiger partial charge in [0.15, 0.2) is 4.33 Å². The van der Waals surface area contributed by atoms with Gasteiger partial charge in [-0.1, -0.05) is 99.4 Å². The van der Waals surface area contributed by atoms with Gasteiger partial charge >= 0.3 is 0 Å². The van der Waals surface area contributed by atoms with E-state index in [-0.39, 0.29) is 5.56 Å². The fraction of sp³-hybridized carbons (Fsp3) is 0.500. The van der Waals surface area contributed by atoms with E-state index in [1.807, 2.05) is 0 Å². The zero-order chi connectivity index (χ0) is 16.0. The second-order valence-electron chi connectivity index (χ2n) is 4.74. The third-order valence-electron chi connectivity index (χ3n) is 2.67. The maximum absolute atomic E-state index is 12.0. The van der Waals surface area contributed by atoms with E-state index < -0.39 is 18.1 Å². The summed E-state index contributed by atoms with van der Waals surface area (Å²) in [6, 6.07) is 6.28. The van der Waals surface area contributed by atoms with Crippen LogP contribution >= 0.6 is 81.2 Å². The van der Waals surface area contributed by atoms with Gasteiger partial charge in [0.25, 0.3) is 0 Å². The minimum atomic E-state index is -2.14. The van der Waals surface area contributed by atoms with Crippen molar-refractivity contribution in [2.45, 2.75) is 31.9 Å². The molecule has 0 atom stereocenters. The smallest absolute Gasteiger partial charge is 0.225 e. The molecule has 1 aromatic carbocycles. The minimum absolute atomic E-state index is 0.263. The summed E-state index contributed by atoms with van der Waals surface area (Å²) in [5.41, 5.74) is -0.631. The van der Waals surface area contributed by atoms with E-state index in [0.717, 1.165) is 0 Å². The molecule has 113 valence electrons. The molecule has 1 radical (unpaired) electrons. The molecule has 0 aliphatic heterocycles. The second-order valence-corrected chi connectivity index (χ2v) is 9.67. The zero-order valence-corrected chi connectivity index (χ0v) is 15.7. The lowest BCUT2D eigenvalue weighted by molar-refractivity contribution is -0.000178. The van der Waals surface area contributed by atoms with Crippen molar-refractivity contribution in [1.82, 2.24) is 0 Å². The Morgan fingerprint density at radius 1 is 0.850 bits per heavy atom. The summed E-state index contributed by atoms with van der Waals surface area (Å²) in [4.78, 5) is 0. The Kier molecular flexibility index (Phi) is 5.79. The number of halogens is 7. The lowest BCUT2D eigenvalue weighted by Gasteiger charge is -2.38. The van der Waals surface area contributed by atoms with Crippen LogP contribution < -0.4 is 0 Å². The van der Waals surface area contributed by atoms with Crippen LogP contribution in [-0.4, -0.2) is 8.13 Å². The number of hydrogen-bond donors (Lipinski definition) is 0. The minimum Gasteiger partial charge on any atom is -0.225 e. The fourth-order valence-corrected chi connectivity index (χ4v) is 2.90. The van der Waals surface area contributed by atoms with E-state index in [0.29, 0.717) is 5.56 Å². The normalized spacial score (nSPS) is 14.5. The maximum Gasteiger partial charge on any atom is 0.226 e. The molecule has 0 amide bonds. The first-order valence-corrected chi connectivity index (χ1v) is 7.99. The van der Waals surface area contributed by atoms with Crippen molar-refractivity contribution >= 4 is 81.2 Å². The lowest BCUT2D eigenvalue weighted by Crippen LogP contribution is -2.45. The summed E-state index contributed by atoms with van der Waals surface area (Å²) in [5.74, 6) is 0. The molecule has 0 N–H and O–H groups in total. The quantitative estimate of drug-likeness (QED) is 0.498. The highest BCUT2D eigenvalue weighted by atomic mass is 35.6. The van der Waals surface area contributed by atoms with Gasteiger partial charge < -0.3 is 0 Å². The van der Waals surface area contributed by atoms with Crippen LogP contribution in [0.3, 0.4) is 0 Å². The van der Waals surface area contributed by atoms with Crippen molar-refractivity contribution < 1.29 is 5.11 Å². The molecule has 0 saturated carbocycles. The third-order valence-corrected chi connectivity index (χ3v) is 6.63. The predicted molar refractivity (Wildman–Crippen MR) is 88.3 cm³/mol. The van der Waals surface area contributed by atoms with Gasteiger partial charge in [-0.25, -0.2) is 5.11 Å². The predicted octanol–water partition coefficient (Wildman–Crippen LogP) is 6.53. The van der Waals surface area contributed by atoms with Crippen LogP contribution in [0.25, 0.3) is 0 Å². The number of alkyl halides is 7. The number of benzene rings is 1. The van der Waals surface area contributed by atoms with Crippen LogP contribution in [-0.2, 0) is 15.0 Å². The molecule has 0 unspecified atom stereocenters. The van der Waals surface area contributed by atoms with Gasteiger partial charge in [0, 0.05) is 0 Å². The second kappa shape index (κ2) is 6.02. The molecule has 8 heteroatoms. The van der Waals surface area contributed by atoms with Gasteiger partial charge in [0.2, 0.25) is 8.13 Å². The van der Waals surface area contributed by atoms with Crippen LogP contribution in [0.4, 0.5) is 0 Å². The molecule has 1 rings (SSSR count). The van der Waals surface area contributed by atoms with Crippen LogP contribution in [0.1, 0.15) is 25.0 Å². The molecule has 20 heavy (non-hydrogen) atoms. The standard InChI is InChI=1S/C12H10Cl7O/c1-9(2,20)7-4-3-5-8(6-7)10(13,14)11(15,16)12(17,18)19/h3-6H,1-2H3. The summed E-state index contributed by atoms with van der Waals surface area (Å²) in [7, 11) is 0. The van der Waals surface area contributed by atoms with Crippen molar-refractivity contribution in [2.24, 2.45) is 0 Å². The van der Waals surface area contributed by atoms with Gasteiger partial charge in [-0.05, 0) is 31.0 Å². The van der Waals surface area contributed by atoms with Crippen molar-refractivity contribution in [3.05, 3.63) is 35.4 Å². The average molecular weight is 418 g/mol. The van der Waals surface area contributed by atoms with Crippen molar-refractivity contribution in [3.8, 4) is 0 Å². The Balaban J connectivity index is 3.37. The van der Waals surface area contributed by atoms with Crippen LogP contribution in [0.15, 0.2) is 24.3 Å². The molecule has 0 aliphatic rings. The lowest BCUT2D eigenvalue weighted by atomic mass is 9.95. The largest absolute Gasteiger partial charge is 0.226 e. The fourth-order valence-electron chi connectivity index (χ4n) is 1.45. The molecular formula is C12H10Cl7O. The molecule has 0 aromatic heterocycles. The van der Waals surface area contributed by atoms with Gasteiger partial charge in [0.1, 0.15) is 5.60 Å². The van der Waals surface area contributed by atoms with Gasteiger partial charge in [0.05, 0.1) is 0 Å². The summed E-state index contributed by atoms with van der Waals surface area (Å²) in [6.07, 6.45) is 0. The molecule has 0 spiro atoms. The van der Waals surface area contributed by atoms with E-state index in [1.165, 1.54) is 19.9 Å². The van der Waals surface area contributed by atoms with Crippen molar-refractivity contribution in [1.29, 1.82) is 0 Å². The summed E-state index contributed by atoms with van der Waals surface area (Å²) < 4.78 is -6.19. The zero-order valence-electron chi connectivity index (χ0n) is 10.4. The topological polar surface area (TPSA) is 19.9 Å². The first-order chi connectivity index (χ1) is 8.71. The van der Waals surface area contributed by atoms with E-state index in [1.54, 1.807) is 18.2 Å². The van der Waals surface area contributed by atoms with Gasteiger partial charge in [-0.2, -0.15) is 0 Å². The number of hydrogen-bond acceptors (Lipinski definition) is 0. The first kappa shape index (κ1) is 19.3. The molecule has 0 fully saturated rings. The molecule has 0 aliphatic carbocycles.